The van der Waals surface area contributed by atoms with Gasteiger partial charge in [0.1, 0.15) is 11.6 Å². The fraction of sp³-hybridized carbons (Fsp3) is 0.778. The summed E-state index contributed by atoms with van der Waals surface area (Å²) in [7, 11) is 0. The lowest BCUT2D eigenvalue weighted by atomic mass is 10.2. The molecule has 0 aliphatic carbocycles. The molecule has 0 aromatic rings. The molecule has 28 heavy (non-hydrogen) atoms. The minimum Gasteiger partial charge on any atom is -0.444 e. The molecule has 1 atom stereocenters. The first-order chi connectivity index (χ1) is 13.1. The fourth-order valence-corrected chi connectivity index (χ4v) is 3.92. The van der Waals surface area contributed by atoms with Crippen LogP contribution in [0.5, 0.6) is 0 Å². The van der Waals surface area contributed by atoms with E-state index in [0.717, 1.165) is 17.7 Å². The Bertz CT molecular complexity index is 603. The van der Waals surface area contributed by atoms with E-state index < -0.39 is 30.4 Å². The van der Waals surface area contributed by atoms with Crippen molar-refractivity contribution in [1.82, 2.24) is 14.7 Å². The number of esters is 1. The number of piperazine rings is 1. The molecule has 0 saturated carbocycles. The third-order valence-corrected chi connectivity index (χ3v) is 5.28. The maximum absolute atomic E-state index is 12.4. The van der Waals surface area contributed by atoms with E-state index in [-0.39, 0.29) is 24.9 Å². The molecule has 0 N–H and O–H groups in total. The van der Waals surface area contributed by atoms with Crippen LogP contribution in [0.4, 0.5) is 4.79 Å². The third kappa shape index (κ3) is 6.10. The van der Waals surface area contributed by atoms with Gasteiger partial charge >= 0.3 is 12.1 Å². The molecule has 2 aliphatic heterocycles. The zero-order valence-electron chi connectivity index (χ0n) is 16.9. The van der Waals surface area contributed by atoms with Crippen LogP contribution in [0.15, 0.2) is 0 Å². The molecule has 9 nitrogen and oxygen atoms in total. The van der Waals surface area contributed by atoms with Gasteiger partial charge in [0.15, 0.2) is 6.73 Å². The smallest absolute Gasteiger partial charge is 0.411 e. The number of nitrogens with zero attached hydrogens (tertiary/aromatic N) is 3. The van der Waals surface area contributed by atoms with Crippen LogP contribution in [0.3, 0.4) is 0 Å². The molecule has 1 unspecified atom stereocenters. The van der Waals surface area contributed by atoms with Gasteiger partial charge in [-0.2, -0.15) is 0 Å². The molecule has 158 valence electrons. The van der Waals surface area contributed by atoms with Gasteiger partial charge in [-0.1, -0.05) is 13.3 Å². The third-order valence-electron chi connectivity index (χ3n) is 4.27. The number of carbonyl (C=O) groups is 4. The first kappa shape index (κ1) is 22.5. The number of hydrogen-bond acceptors (Lipinski definition) is 8. The molecular formula is C18H29N3O6S. The van der Waals surface area contributed by atoms with Crippen LogP contribution < -0.4 is 0 Å². The normalized spacial score (nSPS) is 21.2. The topological polar surface area (TPSA) is 96.5 Å². The van der Waals surface area contributed by atoms with Crippen molar-refractivity contribution in [2.24, 2.45) is 0 Å². The van der Waals surface area contributed by atoms with E-state index in [2.05, 4.69) is 0 Å². The molecule has 0 spiro atoms. The van der Waals surface area contributed by atoms with Gasteiger partial charge in [0.2, 0.25) is 11.8 Å². The molecule has 2 rings (SSSR count). The van der Waals surface area contributed by atoms with Crippen LogP contribution >= 0.6 is 11.8 Å². The van der Waals surface area contributed by atoms with Gasteiger partial charge in [-0.25, -0.2) is 14.5 Å². The highest BCUT2D eigenvalue weighted by atomic mass is 32.2. The molecule has 2 saturated heterocycles. The second kappa shape index (κ2) is 9.60. The number of ether oxygens (including phenoxy) is 2. The van der Waals surface area contributed by atoms with Gasteiger partial charge < -0.3 is 9.47 Å². The van der Waals surface area contributed by atoms with Gasteiger partial charge in [-0.3, -0.25) is 19.4 Å². The number of imide groups is 1. The van der Waals surface area contributed by atoms with Gasteiger partial charge in [0.05, 0.1) is 19.0 Å². The Morgan fingerprint density at radius 3 is 2.39 bits per heavy atom. The highest BCUT2D eigenvalue weighted by molar-refractivity contribution is 7.99. The van der Waals surface area contributed by atoms with Crippen LogP contribution in [-0.2, 0) is 23.9 Å². The van der Waals surface area contributed by atoms with Crippen LogP contribution in [0.25, 0.3) is 0 Å². The maximum Gasteiger partial charge on any atom is 0.411 e. The van der Waals surface area contributed by atoms with Crippen molar-refractivity contribution >= 4 is 35.6 Å². The van der Waals surface area contributed by atoms with Crippen molar-refractivity contribution in [2.45, 2.75) is 52.2 Å². The van der Waals surface area contributed by atoms with E-state index in [1.165, 1.54) is 16.7 Å². The SMILES string of the molecule is CCCCN1CC(=O)N(COC(=O)C2CSCN2C(=O)OC(C)(C)C)C(=O)C1. The van der Waals surface area contributed by atoms with Crippen LogP contribution in [0.1, 0.15) is 40.5 Å². The fourth-order valence-electron chi connectivity index (χ4n) is 2.79. The minimum atomic E-state index is -0.795. The van der Waals surface area contributed by atoms with E-state index in [1.54, 1.807) is 25.7 Å². The lowest BCUT2D eigenvalue weighted by Crippen LogP contribution is -2.55. The van der Waals surface area contributed by atoms with E-state index in [0.29, 0.717) is 18.2 Å². The molecule has 10 heteroatoms. The molecule has 0 aromatic heterocycles. The van der Waals surface area contributed by atoms with Crippen molar-refractivity contribution in [2.75, 3.05) is 38.0 Å². The average molecular weight is 416 g/mol. The van der Waals surface area contributed by atoms with Crippen molar-refractivity contribution in [3.05, 3.63) is 0 Å². The lowest BCUT2D eigenvalue weighted by molar-refractivity contribution is -0.165. The van der Waals surface area contributed by atoms with E-state index >= 15 is 0 Å². The Labute approximate surface area is 169 Å². The highest BCUT2D eigenvalue weighted by Crippen LogP contribution is 2.24. The van der Waals surface area contributed by atoms with Crippen molar-refractivity contribution in [3.63, 3.8) is 0 Å². The number of unbranched alkanes of at least 4 members (excludes halogenated alkanes) is 1. The standard InChI is InChI=1S/C18H29N3O6S/c1-5-6-7-19-8-14(22)20(15(23)9-19)11-26-16(24)13-10-28-12-21(13)17(25)27-18(2,3)4/h13H,5-12H2,1-4H3. The Morgan fingerprint density at radius 2 is 1.82 bits per heavy atom. The van der Waals surface area contributed by atoms with Gasteiger partial charge in [-0.15, -0.1) is 11.8 Å². The number of amides is 3. The Hall–Kier alpha value is -1.81. The largest absolute Gasteiger partial charge is 0.444 e. The Kier molecular flexibility index (Phi) is 7.70. The summed E-state index contributed by atoms with van der Waals surface area (Å²) in [6.07, 6.45) is 1.31. The van der Waals surface area contributed by atoms with Gasteiger partial charge in [-0.05, 0) is 33.7 Å². The summed E-state index contributed by atoms with van der Waals surface area (Å²) in [5, 5.41) is 0. The van der Waals surface area contributed by atoms with Gasteiger partial charge in [0, 0.05) is 5.75 Å². The molecule has 0 radical (unpaired) electrons. The van der Waals surface area contributed by atoms with E-state index in [1.807, 2.05) is 6.92 Å². The predicted molar refractivity (Wildman–Crippen MR) is 103 cm³/mol. The summed E-state index contributed by atoms with van der Waals surface area (Å²) in [6.45, 7) is 7.81. The number of rotatable bonds is 6. The summed E-state index contributed by atoms with van der Waals surface area (Å²) in [5.74, 6) is -0.715. The predicted octanol–water partition coefficient (Wildman–Crippen LogP) is 1.27. The van der Waals surface area contributed by atoms with Crippen LogP contribution in [-0.4, -0.2) is 88.2 Å². The molecule has 3 amide bonds. The number of thioether (sulfide) groups is 1. The summed E-state index contributed by atoms with van der Waals surface area (Å²) >= 11 is 1.41. The number of carbonyl (C=O) groups excluding carboxylic acids is 4. The molecule has 2 aliphatic rings. The minimum absolute atomic E-state index is 0.132. The summed E-state index contributed by atoms with van der Waals surface area (Å²) in [6, 6.07) is -0.795. The average Bonchev–Trinajstić information content (AvgIpc) is 3.07. The van der Waals surface area contributed by atoms with E-state index in [9.17, 15) is 19.2 Å². The van der Waals surface area contributed by atoms with Crippen LogP contribution in [0, 0.1) is 0 Å². The zero-order valence-corrected chi connectivity index (χ0v) is 17.8. The molecule has 0 aromatic carbocycles. The Balaban J connectivity index is 1.88. The number of hydrogen-bond donors (Lipinski definition) is 0. The van der Waals surface area contributed by atoms with Crippen molar-refractivity contribution in [3.8, 4) is 0 Å². The van der Waals surface area contributed by atoms with Crippen LogP contribution in [0.2, 0.25) is 0 Å². The molecule has 0 bridgehead atoms. The molecular weight excluding hydrogens is 386 g/mol. The molecule has 2 fully saturated rings. The summed E-state index contributed by atoms with van der Waals surface area (Å²) in [4.78, 5) is 53.2. The maximum atomic E-state index is 12.4. The molecule has 2 heterocycles. The first-order valence-corrected chi connectivity index (χ1v) is 10.6. The monoisotopic (exact) mass is 415 g/mol. The van der Waals surface area contributed by atoms with Gasteiger partial charge in [0.25, 0.3) is 0 Å². The quantitative estimate of drug-likeness (QED) is 0.473. The second-order valence-electron chi connectivity index (χ2n) is 7.84. The summed E-state index contributed by atoms with van der Waals surface area (Å²) < 4.78 is 10.5. The lowest BCUT2D eigenvalue weighted by Gasteiger charge is -2.32. The van der Waals surface area contributed by atoms with Crippen molar-refractivity contribution < 1.29 is 28.7 Å². The highest BCUT2D eigenvalue weighted by Gasteiger charge is 2.39. The van der Waals surface area contributed by atoms with Crippen molar-refractivity contribution in [1.29, 1.82) is 0 Å². The second-order valence-corrected chi connectivity index (χ2v) is 8.84. The Morgan fingerprint density at radius 1 is 1.18 bits per heavy atom. The first-order valence-electron chi connectivity index (χ1n) is 9.42. The summed E-state index contributed by atoms with van der Waals surface area (Å²) in [5.41, 5.74) is -0.672. The van der Waals surface area contributed by atoms with E-state index in [4.69, 9.17) is 9.47 Å². The zero-order chi connectivity index (χ0) is 20.9.